The molecule has 2 aromatic rings. The second-order valence-corrected chi connectivity index (χ2v) is 9.38. The number of rotatable bonds is 7. The zero-order valence-corrected chi connectivity index (χ0v) is 17.2. The fourth-order valence-corrected chi connectivity index (χ4v) is 4.21. The maximum Gasteiger partial charge on any atom is 0.242 e. The van der Waals surface area contributed by atoms with Gasteiger partial charge in [0, 0.05) is 5.69 Å². The van der Waals surface area contributed by atoms with Gasteiger partial charge in [0.15, 0.2) is 0 Å². The Morgan fingerprint density at radius 2 is 1.64 bits per heavy atom. The standard InChI is InChI=1S/C16H18ClN3O6S2/c1-10(16(21)19-11-3-5-12(6-4-11)27(18,22)23)20-28(24,25)13-7-8-15(26-2)14(17)9-13/h3-10,20H,1-2H3,(H,19,21)(H2,18,22,23)/t10-/m0/s1. The highest BCUT2D eigenvalue weighted by Crippen LogP contribution is 2.27. The predicted octanol–water partition coefficient (Wildman–Crippen LogP) is 1.30. The van der Waals surface area contributed by atoms with E-state index in [1.807, 2.05) is 0 Å². The third kappa shape index (κ3) is 5.42. The van der Waals surface area contributed by atoms with Crippen LogP contribution in [0.3, 0.4) is 0 Å². The lowest BCUT2D eigenvalue weighted by atomic mass is 10.3. The zero-order valence-electron chi connectivity index (χ0n) is 14.8. The Bertz CT molecular complexity index is 1090. The summed E-state index contributed by atoms with van der Waals surface area (Å²) in [7, 11) is -6.47. The molecule has 2 rings (SSSR count). The number of hydrogen-bond acceptors (Lipinski definition) is 6. The van der Waals surface area contributed by atoms with E-state index in [2.05, 4.69) is 10.0 Å². The third-order valence-corrected chi connectivity index (χ3v) is 6.37. The maximum absolute atomic E-state index is 12.4. The molecule has 1 amide bonds. The molecule has 0 aromatic heterocycles. The van der Waals surface area contributed by atoms with E-state index < -0.39 is 32.0 Å². The van der Waals surface area contributed by atoms with Crippen LogP contribution in [0, 0.1) is 0 Å². The average Bonchev–Trinajstić information content (AvgIpc) is 2.60. The minimum absolute atomic E-state index is 0.109. The molecule has 152 valence electrons. The SMILES string of the molecule is COc1ccc(S(=O)(=O)N[C@@H](C)C(=O)Nc2ccc(S(N)(=O)=O)cc2)cc1Cl. The van der Waals surface area contributed by atoms with E-state index in [4.69, 9.17) is 21.5 Å². The highest BCUT2D eigenvalue weighted by molar-refractivity contribution is 7.89. The smallest absolute Gasteiger partial charge is 0.242 e. The van der Waals surface area contributed by atoms with E-state index in [1.165, 1.54) is 56.5 Å². The summed E-state index contributed by atoms with van der Waals surface area (Å²) in [6, 6.07) is 7.89. The molecular weight excluding hydrogens is 430 g/mol. The Morgan fingerprint density at radius 1 is 1.07 bits per heavy atom. The number of nitrogens with two attached hydrogens (primary N) is 1. The zero-order chi connectivity index (χ0) is 21.1. The van der Waals surface area contributed by atoms with Crippen molar-refractivity contribution in [3.8, 4) is 5.75 Å². The molecule has 0 heterocycles. The molecule has 0 aliphatic carbocycles. The van der Waals surface area contributed by atoms with Crippen molar-refractivity contribution in [3.05, 3.63) is 47.5 Å². The van der Waals surface area contributed by atoms with E-state index in [0.29, 0.717) is 5.75 Å². The number of ether oxygens (including phenoxy) is 1. The van der Waals surface area contributed by atoms with Crippen LogP contribution in [-0.4, -0.2) is 35.9 Å². The lowest BCUT2D eigenvalue weighted by Gasteiger charge is -2.15. The van der Waals surface area contributed by atoms with Gasteiger partial charge in [-0.25, -0.2) is 22.0 Å². The van der Waals surface area contributed by atoms with Crippen molar-refractivity contribution < 1.29 is 26.4 Å². The first kappa shape index (κ1) is 22.1. The molecule has 0 aliphatic heterocycles. The second kappa shape index (κ2) is 8.45. The van der Waals surface area contributed by atoms with Crippen LogP contribution in [0.1, 0.15) is 6.92 Å². The van der Waals surface area contributed by atoms with Crippen LogP contribution in [-0.2, 0) is 24.8 Å². The fraction of sp³-hybridized carbons (Fsp3) is 0.188. The lowest BCUT2D eigenvalue weighted by Crippen LogP contribution is -2.41. The fourth-order valence-electron chi connectivity index (χ4n) is 2.15. The average molecular weight is 448 g/mol. The number of benzene rings is 2. The van der Waals surface area contributed by atoms with E-state index >= 15 is 0 Å². The van der Waals surface area contributed by atoms with Crippen molar-refractivity contribution in [1.82, 2.24) is 4.72 Å². The van der Waals surface area contributed by atoms with Gasteiger partial charge in [-0.1, -0.05) is 11.6 Å². The van der Waals surface area contributed by atoms with Gasteiger partial charge in [-0.15, -0.1) is 0 Å². The molecule has 0 aliphatic rings. The summed E-state index contributed by atoms with van der Waals surface area (Å²) in [6.07, 6.45) is 0. The van der Waals surface area contributed by atoms with E-state index in [-0.39, 0.29) is 20.5 Å². The summed E-state index contributed by atoms with van der Waals surface area (Å²) < 4.78 is 54.5. The van der Waals surface area contributed by atoms with Crippen LogP contribution in [0.25, 0.3) is 0 Å². The van der Waals surface area contributed by atoms with Gasteiger partial charge in [0.25, 0.3) is 0 Å². The molecule has 9 nitrogen and oxygen atoms in total. The van der Waals surface area contributed by atoms with Gasteiger partial charge in [0.2, 0.25) is 26.0 Å². The maximum atomic E-state index is 12.4. The molecule has 0 spiro atoms. The van der Waals surface area contributed by atoms with Crippen molar-refractivity contribution in [3.63, 3.8) is 0 Å². The minimum Gasteiger partial charge on any atom is -0.495 e. The van der Waals surface area contributed by atoms with Gasteiger partial charge < -0.3 is 10.1 Å². The number of primary sulfonamides is 1. The quantitative estimate of drug-likeness (QED) is 0.583. The highest BCUT2D eigenvalue weighted by Gasteiger charge is 2.23. The summed E-state index contributed by atoms with van der Waals surface area (Å²) >= 11 is 5.94. The van der Waals surface area contributed by atoms with Gasteiger partial charge in [-0.3, -0.25) is 4.79 Å². The van der Waals surface area contributed by atoms with Crippen LogP contribution < -0.4 is 19.9 Å². The van der Waals surface area contributed by atoms with Crippen LogP contribution in [0.5, 0.6) is 5.75 Å². The number of nitrogens with one attached hydrogen (secondary N) is 2. The number of methoxy groups -OCH3 is 1. The van der Waals surface area contributed by atoms with Crippen molar-refractivity contribution in [1.29, 1.82) is 0 Å². The second-order valence-electron chi connectivity index (χ2n) is 5.70. The summed E-state index contributed by atoms with van der Waals surface area (Å²) in [6.45, 7) is 1.36. The normalized spacial score (nSPS) is 13.0. The summed E-state index contributed by atoms with van der Waals surface area (Å²) in [5.74, 6) is -0.333. The monoisotopic (exact) mass is 447 g/mol. The Hall–Kier alpha value is -2.18. The molecule has 4 N–H and O–H groups in total. The molecule has 0 saturated heterocycles. The first-order chi connectivity index (χ1) is 12.9. The van der Waals surface area contributed by atoms with Crippen molar-refractivity contribution in [2.75, 3.05) is 12.4 Å². The number of halogens is 1. The molecule has 1 atom stereocenters. The molecule has 0 bridgehead atoms. The van der Waals surface area contributed by atoms with Gasteiger partial charge >= 0.3 is 0 Å². The number of carbonyl (C=O) groups excluding carboxylic acids is 1. The van der Waals surface area contributed by atoms with Gasteiger partial charge in [0.1, 0.15) is 5.75 Å². The van der Waals surface area contributed by atoms with Gasteiger partial charge in [-0.2, -0.15) is 4.72 Å². The predicted molar refractivity (Wildman–Crippen MR) is 104 cm³/mol. The number of sulfonamides is 2. The molecule has 2 aromatic carbocycles. The highest BCUT2D eigenvalue weighted by atomic mass is 35.5. The minimum atomic E-state index is -4.02. The third-order valence-electron chi connectivity index (χ3n) is 3.61. The topological polar surface area (TPSA) is 145 Å². The van der Waals surface area contributed by atoms with Gasteiger partial charge in [-0.05, 0) is 49.4 Å². The van der Waals surface area contributed by atoms with Gasteiger partial charge in [0.05, 0.1) is 28.0 Å². The first-order valence-electron chi connectivity index (χ1n) is 7.73. The Labute approximate surface area is 167 Å². The summed E-state index contributed by atoms with van der Waals surface area (Å²) in [4.78, 5) is 12.0. The number of hydrogen-bond donors (Lipinski definition) is 3. The van der Waals surface area contributed by atoms with Crippen LogP contribution in [0.2, 0.25) is 5.02 Å². The summed E-state index contributed by atoms with van der Waals surface area (Å²) in [5.41, 5.74) is 0.274. The van der Waals surface area contributed by atoms with E-state index in [1.54, 1.807) is 0 Å². The van der Waals surface area contributed by atoms with Crippen LogP contribution in [0.4, 0.5) is 5.69 Å². The molecule has 0 unspecified atom stereocenters. The lowest BCUT2D eigenvalue weighted by molar-refractivity contribution is -0.117. The largest absolute Gasteiger partial charge is 0.495 e. The van der Waals surface area contributed by atoms with Crippen LogP contribution in [0.15, 0.2) is 52.3 Å². The number of amides is 1. The van der Waals surface area contributed by atoms with Crippen LogP contribution >= 0.6 is 11.6 Å². The van der Waals surface area contributed by atoms with E-state index in [0.717, 1.165) is 0 Å². The molecule has 12 heteroatoms. The van der Waals surface area contributed by atoms with E-state index in [9.17, 15) is 21.6 Å². The molecular formula is C16H18ClN3O6S2. The van der Waals surface area contributed by atoms with Crippen molar-refractivity contribution in [2.45, 2.75) is 22.8 Å². The van der Waals surface area contributed by atoms with Crippen molar-refractivity contribution >= 4 is 43.2 Å². The Morgan fingerprint density at radius 3 is 2.14 bits per heavy atom. The van der Waals surface area contributed by atoms with Crippen molar-refractivity contribution in [2.24, 2.45) is 5.14 Å². The number of carbonyl (C=O) groups is 1. The molecule has 0 radical (unpaired) electrons. The first-order valence-corrected chi connectivity index (χ1v) is 11.1. The molecule has 0 saturated carbocycles. The summed E-state index contributed by atoms with van der Waals surface area (Å²) in [5, 5.41) is 7.59. The Balaban J connectivity index is 2.09. The Kier molecular flexibility index (Phi) is 6.67. The number of anilines is 1. The molecule has 28 heavy (non-hydrogen) atoms. The molecule has 0 fully saturated rings.